The molecule has 0 unspecified atom stereocenters. The minimum absolute atomic E-state index is 1.09. The number of aromatic amines is 1. The summed E-state index contributed by atoms with van der Waals surface area (Å²) in [5.41, 5.74) is 1.15. The van der Waals surface area contributed by atoms with Gasteiger partial charge >= 0.3 is 0 Å². The van der Waals surface area contributed by atoms with Gasteiger partial charge in [0.05, 0.1) is 9.99 Å². The number of nitrogens with one attached hydrogen (secondary N) is 1. The number of halogens is 3. The fraction of sp³-hybridized carbons (Fsp3) is 0. The Kier molecular flexibility index (Phi) is 2.49. The number of hydrogen-bond donors (Lipinski definition) is 1. The number of H-pyrrole nitrogens is 1. The first-order valence-electron chi connectivity index (χ1n) is 3.30. The molecular weight excluding hydrogens is 397 g/mol. The summed E-state index contributed by atoms with van der Waals surface area (Å²) < 4.78 is 3.42. The SMILES string of the molecule is Brc1cc(I)c2cc[nH]c2c1Br. The lowest BCUT2D eigenvalue weighted by Crippen LogP contribution is -1.78. The number of aromatic nitrogens is 1. The molecule has 2 rings (SSSR count). The molecule has 0 bridgehead atoms. The predicted molar refractivity (Wildman–Crippen MR) is 66.4 cm³/mol. The molecule has 0 saturated heterocycles. The van der Waals surface area contributed by atoms with Crippen molar-refractivity contribution in [2.24, 2.45) is 0 Å². The van der Waals surface area contributed by atoms with Crippen molar-refractivity contribution in [3.05, 3.63) is 30.8 Å². The number of benzene rings is 1. The fourth-order valence-corrected chi connectivity index (χ4v) is 3.18. The molecule has 1 N–H and O–H groups in total. The van der Waals surface area contributed by atoms with Gasteiger partial charge in [0.15, 0.2) is 0 Å². The zero-order valence-electron chi connectivity index (χ0n) is 5.87. The summed E-state index contributed by atoms with van der Waals surface area (Å²) in [6.45, 7) is 0. The zero-order valence-corrected chi connectivity index (χ0v) is 11.2. The molecule has 0 aliphatic rings. The number of hydrogen-bond acceptors (Lipinski definition) is 0. The molecule has 2 aromatic rings. The highest BCUT2D eigenvalue weighted by molar-refractivity contribution is 14.1. The molecule has 0 aliphatic heterocycles. The van der Waals surface area contributed by atoms with Crippen molar-refractivity contribution < 1.29 is 0 Å². The quantitative estimate of drug-likeness (QED) is 0.501. The molecule has 0 saturated carbocycles. The molecule has 1 aromatic carbocycles. The predicted octanol–water partition coefficient (Wildman–Crippen LogP) is 4.30. The van der Waals surface area contributed by atoms with Gasteiger partial charge in [-0.25, -0.2) is 0 Å². The van der Waals surface area contributed by atoms with E-state index in [1.165, 1.54) is 8.96 Å². The van der Waals surface area contributed by atoms with Crippen molar-refractivity contribution in [2.75, 3.05) is 0 Å². The Morgan fingerprint density at radius 3 is 2.83 bits per heavy atom. The van der Waals surface area contributed by atoms with Crippen molar-refractivity contribution in [3.8, 4) is 0 Å². The third-order valence-corrected chi connectivity index (χ3v) is 4.56. The lowest BCUT2D eigenvalue weighted by molar-refractivity contribution is 1.45. The van der Waals surface area contributed by atoms with Crippen LogP contribution in [0.2, 0.25) is 0 Å². The van der Waals surface area contributed by atoms with Crippen molar-refractivity contribution in [2.45, 2.75) is 0 Å². The van der Waals surface area contributed by atoms with Crippen molar-refractivity contribution in [1.29, 1.82) is 0 Å². The van der Waals surface area contributed by atoms with E-state index in [-0.39, 0.29) is 0 Å². The average Bonchev–Trinajstić information content (AvgIpc) is 2.48. The monoisotopic (exact) mass is 399 g/mol. The van der Waals surface area contributed by atoms with E-state index in [1.54, 1.807) is 0 Å². The van der Waals surface area contributed by atoms with Gasteiger partial charge in [-0.2, -0.15) is 0 Å². The van der Waals surface area contributed by atoms with E-state index in [0.717, 1.165) is 14.5 Å². The summed E-state index contributed by atoms with van der Waals surface area (Å²) in [6.07, 6.45) is 1.95. The highest BCUT2D eigenvalue weighted by Gasteiger charge is 2.06. The van der Waals surface area contributed by atoms with Crippen LogP contribution in [-0.4, -0.2) is 4.98 Å². The van der Waals surface area contributed by atoms with E-state index in [4.69, 9.17) is 0 Å². The van der Waals surface area contributed by atoms with Gasteiger partial charge in [-0.15, -0.1) is 0 Å². The summed E-state index contributed by atoms with van der Waals surface area (Å²) in [4.78, 5) is 3.19. The van der Waals surface area contributed by atoms with Crippen LogP contribution in [-0.2, 0) is 0 Å². The van der Waals surface area contributed by atoms with E-state index in [1.807, 2.05) is 6.20 Å². The highest BCUT2D eigenvalue weighted by atomic mass is 127. The van der Waals surface area contributed by atoms with E-state index in [2.05, 4.69) is 71.6 Å². The van der Waals surface area contributed by atoms with Gasteiger partial charge in [0, 0.05) is 19.6 Å². The molecule has 1 nitrogen and oxygen atoms in total. The third-order valence-electron chi connectivity index (χ3n) is 1.69. The Morgan fingerprint density at radius 1 is 1.33 bits per heavy atom. The van der Waals surface area contributed by atoms with Gasteiger partial charge in [-0.3, -0.25) is 0 Å². The maximum atomic E-state index is 3.51. The minimum atomic E-state index is 1.09. The van der Waals surface area contributed by atoms with Crippen LogP contribution < -0.4 is 0 Å². The second kappa shape index (κ2) is 3.31. The molecule has 1 aromatic heterocycles. The van der Waals surface area contributed by atoms with Gasteiger partial charge in [0.1, 0.15) is 0 Å². The first-order valence-corrected chi connectivity index (χ1v) is 5.97. The topological polar surface area (TPSA) is 15.8 Å². The first kappa shape index (κ1) is 9.02. The number of fused-ring (bicyclic) bond motifs is 1. The Morgan fingerprint density at radius 2 is 2.08 bits per heavy atom. The standard InChI is InChI=1S/C8H4Br2IN/c9-5-3-6(11)4-1-2-12-8(4)7(5)10/h1-3,12H. The second-order valence-corrected chi connectivity index (χ2v) is 5.23. The van der Waals surface area contributed by atoms with Gasteiger partial charge in [-0.1, -0.05) is 0 Å². The first-order chi connectivity index (χ1) is 5.70. The lowest BCUT2D eigenvalue weighted by atomic mass is 10.2. The molecule has 0 atom stereocenters. The van der Waals surface area contributed by atoms with Gasteiger partial charge in [0.2, 0.25) is 0 Å². The minimum Gasteiger partial charge on any atom is -0.360 e. The fourth-order valence-electron chi connectivity index (χ4n) is 1.12. The molecule has 12 heavy (non-hydrogen) atoms. The summed E-state index contributed by atoms with van der Waals surface area (Å²) in [5, 5.41) is 1.26. The van der Waals surface area contributed by atoms with Crippen LogP contribution in [0, 0.1) is 3.57 Å². The van der Waals surface area contributed by atoms with Crippen LogP contribution in [0.1, 0.15) is 0 Å². The van der Waals surface area contributed by atoms with Gasteiger partial charge < -0.3 is 4.98 Å². The molecule has 4 heteroatoms. The van der Waals surface area contributed by atoms with E-state index < -0.39 is 0 Å². The Balaban J connectivity index is 2.97. The molecule has 0 spiro atoms. The highest BCUT2D eigenvalue weighted by Crippen LogP contribution is 2.33. The summed E-state index contributed by atoms with van der Waals surface area (Å²) in [7, 11) is 0. The van der Waals surface area contributed by atoms with Crippen LogP contribution in [0.25, 0.3) is 10.9 Å². The van der Waals surface area contributed by atoms with E-state index >= 15 is 0 Å². The summed E-state index contributed by atoms with van der Waals surface area (Å²) in [5.74, 6) is 0. The van der Waals surface area contributed by atoms with Crippen molar-refractivity contribution in [3.63, 3.8) is 0 Å². The molecule has 0 amide bonds. The maximum absolute atomic E-state index is 3.51. The van der Waals surface area contributed by atoms with Crippen molar-refractivity contribution >= 4 is 65.4 Å². The molecule has 1 heterocycles. The molecule has 62 valence electrons. The molecule has 0 radical (unpaired) electrons. The van der Waals surface area contributed by atoms with Crippen LogP contribution in [0.4, 0.5) is 0 Å². The van der Waals surface area contributed by atoms with Gasteiger partial charge in [0.25, 0.3) is 0 Å². The third kappa shape index (κ3) is 1.33. The van der Waals surface area contributed by atoms with E-state index in [9.17, 15) is 0 Å². The Labute approximate surface area is 100 Å². The molecule has 0 aliphatic carbocycles. The Hall–Kier alpha value is 0.450. The average molecular weight is 401 g/mol. The molecule has 0 fully saturated rings. The molecular formula is C8H4Br2IN. The lowest BCUT2D eigenvalue weighted by Gasteiger charge is -2.00. The maximum Gasteiger partial charge on any atom is 0.0620 e. The van der Waals surface area contributed by atoms with Crippen LogP contribution in [0.15, 0.2) is 27.3 Å². The zero-order chi connectivity index (χ0) is 8.72. The van der Waals surface area contributed by atoms with Gasteiger partial charge in [-0.05, 0) is 66.6 Å². The second-order valence-electron chi connectivity index (χ2n) is 2.42. The Bertz CT molecular complexity index is 436. The van der Waals surface area contributed by atoms with E-state index in [0.29, 0.717) is 0 Å². The van der Waals surface area contributed by atoms with Crippen molar-refractivity contribution in [1.82, 2.24) is 4.98 Å². The smallest absolute Gasteiger partial charge is 0.0620 e. The summed E-state index contributed by atoms with van der Waals surface area (Å²) >= 11 is 9.32. The van der Waals surface area contributed by atoms with Crippen LogP contribution in [0.5, 0.6) is 0 Å². The largest absolute Gasteiger partial charge is 0.360 e. The summed E-state index contributed by atoms with van der Waals surface area (Å²) in [6, 6.07) is 4.18. The number of rotatable bonds is 0. The van der Waals surface area contributed by atoms with Crippen LogP contribution in [0.3, 0.4) is 0 Å². The van der Waals surface area contributed by atoms with Crippen LogP contribution >= 0.6 is 54.5 Å². The normalized spacial score (nSPS) is 10.9.